The van der Waals surface area contributed by atoms with Crippen molar-refractivity contribution in [3.05, 3.63) is 129 Å². The van der Waals surface area contributed by atoms with Gasteiger partial charge in [0.25, 0.3) is 5.91 Å². The van der Waals surface area contributed by atoms with Crippen LogP contribution >= 0.6 is 11.6 Å². The molecule has 1 amide bonds. The molecule has 0 saturated heterocycles. The number of carboxylic acids is 1. The second-order valence-corrected chi connectivity index (χ2v) is 10.8. The van der Waals surface area contributed by atoms with E-state index >= 15 is 4.39 Å². The lowest BCUT2D eigenvalue weighted by molar-refractivity contribution is -0.253. The summed E-state index contributed by atoms with van der Waals surface area (Å²) in [5, 5.41) is 11.8. The first-order valence-corrected chi connectivity index (χ1v) is 14.0. The highest BCUT2D eigenvalue weighted by atomic mass is 35.5. The van der Waals surface area contributed by atoms with Crippen LogP contribution < -0.4 is 10.1 Å². The molecule has 0 fully saturated rings. The number of aromatic nitrogens is 1. The zero-order valence-corrected chi connectivity index (χ0v) is 24.9. The van der Waals surface area contributed by atoms with Gasteiger partial charge in [-0.1, -0.05) is 35.9 Å². The number of amides is 1. The van der Waals surface area contributed by atoms with Crippen LogP contribution in [0.3, 0.4) is 0 Å². The first-order chi connectivity index (χ1) is 22.4. The summed E-state index contributed by atoms with van der Waals surface area (Å²) in [5.41, 5.74) is -4.78. The van der Waals surface area contributed by atoms with Crippen molar-refractivity contribution in [2.24, 2.45) is 0 Å². The van der Waals surface area contributed by atoms with E-state index in [9.17, 15) is 49.8 Å². The van der Waals surface area contributed by atoms with Gasteiger partial charge in [-0.25, -0.2) is 8.78 Å². The zero-order valence-electron chi connectivity index (χ0n) is 24.1. The summed E-state index contributed by atoms with van der Waals surface area (Å²) in [4.78, 5) is 29.3. The summed E-state index contributed by atoms with van der Waals surface area (Å²) < 4.78 is 128. The van der Waals surface area contributed by atoms with E-state index in [1.165, 1.54) is 30.3 Å². The van der Waals surface area contributed by atoms with Crippen LogP contribution in [0, 0.1) is 11.6 Å². The number of halogens is 10. The summed E-state index contributed by atoms with van der Waals surface area (Å²) in [6, 6.07) is 11.7. The fraction of sp³-hybridized carbons (Fsp3) is 0.219. The lowest BCUT2D eigenvalue weighted by atomic mass is 9.78. The molecule has 4 aromatic rings. The maximum Gasteiger partial charge on any atom is 0.461 e. The van der Waals surface area contributed by atoms with Crippen LogP contribution in [-0.4, -0.2) is 34.5 Å². The highest BCUT2D eigenvalue weighted by Gasteiger charge is 2.45. The van der Waals surface area contributed by atoms with Crippen LogP contribution in [0.5, 0.6) is 5.75 Å². The number of alkyl halides is 7. The van der Waals surface area contributed by atoms with E-state index in [0.717, 1.165) is 18.3 Å². The first-order valence-electron chi connectivity index (χ1n) is 13.7. The minimum Gasteiger partial charge on any atom is -0.481 e. The Morgan fingerprint density at radius 2 is 1.60 bits per heavy atom. The lowest BCUT2D eigenvalue weighted by Gasteiger charge is -2.36. The number of benzene rings is 3. The van der Waals surface area contributed by atoms with E-state index in [4.69, 9.17) is 11.6 Å². The topological polar surface area (TPSA) is 88.5 Å². The molecule has 3 aromatic carbocycles. The number of nitrogens with one attached hydrogen (secondary N) is 1. The predicted octanol–water partition coefficient (Wildman–Crippen LogP) is 8.20. The third-order valence-corrected chi connectivity index (χ3v) is 7.30. The monoisotopic (exact) mass is 704 g/mol. The van der Waals surface area contributed by atoms with Crippen molar-refractivity contribution < 1.29 is 58.9 Å². The quantitative estimate of drug-likeness (QED) is 0.145. The van der Waals surface area contributed by atoms with E-state index in [2.05, 4.69) is 15.0 Å². The molecule has 4 rings (SSSR count). The van der Waals surface area contributed by atoms with Crippen molar-refractivity contribution in [1.29, 1.82) is 0 Å². The largest absolute Gasteiger partial charge is 0.481 e. The minimum absolute atomic E-state index is 0.0500. The number of carboxylic acid groups (broad SMARTS) is 1. The molecule has 0 radical (unpaired) electrons. The van der Waals surface area contributed by atoms with Gasteiger partial charge in [0.15, 0.2) is 0 Å². The van der Waals surface area contributed by atoms with E-state index in [1.807, 2.05) is 0 Å². The molecular weight excluding hydrogens is 683 g/mol. The Morgan fingerprint density at radius 3 is 2.21 bits per heavy atom. The summed E-state index contributed by atoms with van der Waals surface area (Å²) in [7, 11) is 0. The van der Waals surface area contributed by atoms with Crippen LogP contribution in [0.4, 0.5) is 39.5 Å². The molecule has 1 heterocycles. The Labute approximate surface area is 271 Å². The fourth-order valence-corrected chi connectivity index (χ4v) is 4.98. The van der Waals surface area contributed by atoms with Gasteiger partial charge < -0.3 is 15.2 Å². The maximum atomic E-state index is 15.1. The van der Waals surface area contributed by atoms with E-state index in [0.29, 0.717) is 23.8 Å². The van der Waals surface area contributed by atoms with Gasteiger partial charge in [-0.05, 0) is 65.6 Å². The second-order valence-electron chi connectivity index (χ2n) is 10.4. The highest BCUT2D eigenvalue weighted by molar-refractivity contribution is 6.30. The van der Waals surface area contributed by atoms with Gasteiger partial charge in [0.05, 0.1) is 16.3 Å². The molecule has 0 aliphatic carbocycles. The number of aliphatic carboxylic acids is 1. The third-order valence-electron chi connectivity index (χ3n) is 7.08. The SMILES string of the molecule is O=C(O)CCc1ccccc1CC(NC(=O)c1ccc(F)c(C(F)(F)F)c1)(c1cc(F)cc(OC(F)(F)C(F)F)c1)c1ccc(Cl)cn1. The molecule has 0 saturated carbocycles. The molecule has 1 aromatic heterocycles. The Morgan fingerprint density at radius 1 is 0.917 bits per heavy atom. The Balaban J connectivity index is 2.00. The van der Waals surface area contributed by atoms with Crippen molar-refractivity contribution in [2.75, 3.05) is 0 Å². The summed E-state index contributed by atoms with van der Waals surface area (Å²) in [6.07, 6.45) is -14.5. The number of rotatable bonds is 12. The van der Waals surface area contributed by atoms with E-state index in [-0.39, 0.29) is 35.2 Å². The average molecular weight is 705 g/mol. The van der Waals surface area contributed by atoms with Gasteiger partial charge >= 0.3 is 24.7 Å². The van der Waals surface area contributed by atoms with Gasteiger partial charge in [0, 0.05) is 30.7 Å². The third kappa shape index (κ3) is 8.37. The molecule has 2 N–H and O–H groups in total. The van der Waals surface area contributed by atoms with E-state index < -0.39 is 76.6 Å². The average Bonchev–Trinajstić information content (AvgIpc) is 2.99. The molecule has 0 spiro atoms. The van der Waals surface area contributed by atoms with Gasteiger partial charge in [-0.15, -0.1) is 0 Å². The van der Waals surface area contributed by atoms with E-state index in [1.54, 1.807) is 6.07 Å². The molecular formula is C32H22ClF9N2O4. The molecule has 6 nitrogen and oxygen atoms in total. The van der Waals surface area contributed by atoms with Gasteiger partial charge in [-0.3, -0.25) is 14.6 Å². The fourth-order valence-electron chi connectivity index (χ4n) is 4.87. The van der Waals surface area contributed by atoms with Crippen molar-refractivity contribution in [3.63, 3.8) is 0 Å². The van der Waals surface area contributed by atoms with Crippen LogP contribution in [0.1, 0.15) is 44.7 Å². The predicted molar refractivity (Wildman–Crippen MR) is 153 cm³/mol. The second kappa shape index (κ2) is 14.1. The van der Waals surface area contributed by atoms with Gasteiger partial charge in [0.1, 0.15) is 22.9 Å². The number of carbonyl (C=O) groups excluding carboxylic acids is 1. The van der Waals surface area contributed by atoms with Crippen LogP contribution in [0.25, 0.3) is 0 Å². The Hall–Kier alpha value is -4.79. The standard InChI is InChI=1S/C32H22ClF9N2O4/c33-21-7-9-26(43-16-21)30(15-19-4-2-1-3-17(19)6-10-27(45)46,20-12-22(34)14-23(13-20)48-32(41,42)29(36)37)44-28(47)18-5-8-25(35)24(11-18)31(38,39)40/h1-5,7-9,11-14,16,29H,6,10,15H2,(H,44,47)(H,45,46). The van der Waals surface area contributed by atoms with Crippen molar-refractivity contribution in [1.82, 2.24) is 10.3 Å². The maximum absolute atomic E-state index is 15.1. The van der Waals surface area contributed by atoms with Crippen molar-refractivity contribution >= 4 is 23.5 Å². The van der Waals surface area contributed by atoms with Crippen LogP contribution in [-0.2, 0) is 29.4 Å². The first kappa shape index (κ1) is 36.1. The molecule has 0 aliphatic heterocycles. The van der Waals surface area contributed by atoms with Crippen LogP contribution in [0.2, 0.25) is 5.02 Å². The van der Waals surface area contributed by atoms with Crippen molar-refractivity contribution in [3.8, 4) is 5.75 Å². The molecule has 254 valence electrons. The summed E-state index contributed by atoms with van der Waals surface area (Å²) >= 11 is 6.01. The number of carbonyl (C=O) groups is 2. The number of pyridine rings is 1. The normalized spacial score (nSPS) is 13.2. The summed E-state index contributed by atoms with van der Waals surface area (Å²) in [6.45, 7) is 0. The Kier molecular flexibility index (Phi) is 10.6. The molecule has 16 heteroatoms. The minimum atomic E-state index is -5.22. The lowest BCUT2D eigenvalue weighted by Crippen LogP contribution is -2.49. The Bertz CT molecular complexity index is 1800. The van der Waals surface area contributed by atoms with Crippen LogP contribution in [0.15, 0.2) is 79.0 Å². The highest BCUT2D eigenvalue weighted by Crippen LogP contribution is 2.39. The molecule has 1 unspecified atom stereocenters. The number of hydrogen-bond donors (Lipinski definition) is 2. The van der Waals surface area contributed by atoms with Crippen molar-refractivity contribution in [2.45, 2.75) is 43.5 Å². The zero-order chi connectivity index (χ0) is 35.4. The number of hydrogen-bond acceptors (Lipinski definition) is 4. The summed E-state index contributed by atoms with van der Waals surface area (Å²) in [5.74, 6) is -6.62. The number of nitrogens with zero attached hydrogens (tertiary/aromatic N) is 1. The molecule has 0 aliphatic rings. The number of aryl methyl sites for hydroxylation is 1. The molecule has 1 atom stereocenters. The van der Waals surface area contributed by atoms with Gasteiger partial charge in [-0.2, -0.15) is 30.7 Å². The smallest absolute Gasteiger partial charge is 0.461 e. The number of ether oxygens (including phenoxy) is 1. The molecule has 0 bridgehead atoms. The van der Waals surface area contributed by atoms with Gasteiger partial charge in [0.2, 0.25) is 0 Å². The molecule has 48 heavy (non-hydrogen) atoms.